The Bertz CT molecular complexity index is 1090. The van der Waals surface area contributed by atoms with Crippen molar-refractivity contribution in [3.05, 3.63) is 75.6 Å². The predicted molar refractivity (Wildman–Crippen MR) is 108 cm³/mol. The summed E-state index contributed by atoms with van der Waals surface area (Å²) in [5, 5.41) is 21.4. The Hall–Kier alpha value is -2.99. The maximum atomic E-state index is 13.5. The van der Waals surface area contributed by atoms with Gasteiger partial charge < -0.3 is 10.0 Å². The molecule has 0 atom stereocenters. The van der Waals surface area contributed by atoms with E-state index in [0.29, 0.717) is 16.3 Å². The second kappa shape index (κ2) is 6.63. The number of aryl methyl sites for hydroxylation is 2. The third kappa shape index (κ3) is 3.13. The standard InChI is InChI=1S/C21H18FN3OS/c1-12-6-7-14(8-13(12)2)17-11-27-21(24-17)19-18(26)10-25(20(19)23)16-5-3-4-15(22)9-16/h3-9,11,23,26H,10H2,1-2H3. The van der Waals surface area contributed by atoms with E-state index >= 15 is 0 Å². The first-order chi connectivity index (χ1) is 12.9. The zero-order valence-electron chi connectivity index (χ0n) is 15.0. The number of aliphatic hydroxyl groups excluding tert-OH is 1. The van der Waals surface area contributed by atoms with Gasteiger partial charge in [0, 0.05) is 16.6 Å². The van der Waals surface area contributed by atoms with Gasteiger partial charge in [0.25, 0.3) is 0 Å². The predicted octanol–water partition coefficient (Wildman–Crippen LogP) is 5.33. The summed E-state index contributed by atoms with van der Waals surface area (Å²) in [6.45, 7) is 4.26. The average molecular weight is 379 g/mol. The first-order valence-electron chi connectivity index (χ1n) is 8.51. The van der Waals surface area contributed by atoms with Crippen LogP contribution in [0.25, 0.3) is 16.8 Å². The van der Waals surface area contributed by atoms with Crippen LogP contribution in [0.1, 0.15) is 16.1 Å². The molecule has 27 heavy (non-hydrogen) atoms. The maximum Gasteiger partial charge on any atom is 0.139 e. The fourth-order valence-corrected chi connectivity index (χ4v) is 3.99. The minimum absolute atomic E-state index is 0.0743. The summed E-state index contributed by atoms with van der Waals surface area (Å²) in [5.74, 6) is -0.177. The molecule has 1 aliphatic heterocycles. The summed E-state index contributed by atoms with van der Waals surface area (Å²) in [6.07, 6.45) is 0. The van der Waals surface area contributed by atoms with Crippen molar-refractivity contribution in [3.8, 4) is 11.3 Å². The van der Waals surface area contributed by atoms with E-state index in [0.717, 1.165) is 11.3 Å². The topological polar surface area (TPSA) is 60.2 Å². The van der Waals surface area contributed by atoms with Gasteiger partial charge in [0.15, 0.2) is 0 Å². The lowest BCUT2D eigenvalue weighted by Gasteiger charge is -2.18. The molecule has 0 unspecified atom stereocenters. The van der Waals surface area contributed by atoms with E-state index in [1.807, 2.05) is 11.4 Å². The normalized spacial score (nSPS) is 14.3. The number of aliphatic hydroxyl groups is 1. The number of hydrogen-bond acceptors (Lipinski definition) is 4. The fourth-order valence-electron chi connectivity index (χ4n) is 3.09. The summed E-state index contributed by atoms with van der Waals surface area (Å²) in [6, 6.07) is 12.2. The molecule has 0 fully saturated rings. The first-order valence-corrected chi connectivity index (χ1v) is 9.39. The zero-order valence-corrected chi connectivity index (χ0v) is 15.8. The van der Waals surface area contributed by atoms with E-state index in [1.165, 1.54) is 34.6 Å². The van der Waals surface area contributed by atoms with Crippen molar-refractivity contribution in [2.75, 3.05) is 11.4 Å². The summed E-state index contributed by atoms with van der Waals surface area (Å²) < 4.78 is 13.5. The zero-order chi connectivity index (χ0) is 19.1. The molecule has 2 aromatic carbocycles. The van der Waals surface area contributed by atoms with Gasteiger partial charge in [0.05, 0.1) is 17.8 Å². The second-order valence-corrected chi connectivity index (χ2v) is 7.43. The SMILES string of the molecule is Cc1ccc(-c2csc(C3=C(O)CN(c4cccc(F)c4)C3=N)n2)cc1C. The first kappa shape index (κ1) is 17.4. The number of halogens is 1. The van der Waals surface area contributed by atoms with Crippen LogP contribution < -0.4 is 4.90 Å². The lowest BCUT2D eigenvalue weighted by molar-refractivity contribution is 0.411. The molecule has 2 N–H and O–H groups in total. The van der Waals surface area contributed by atoms with Gasteiger partial charge in [-0.15, -0.1) is 11.3 Å². The van der Waals surface area contributed by atoms with Crippen molar-refractivity contribution in [1.29, 1.82) is 5.41 Å². The van der Waals surface area contributed by atoms with Crippen LogP contribution in [0.2, 0.25) is 0 Å². The minimum Gasteiger partial charge on any atom is -0.510 e. The van der Waals surface area contributed by atoms with Crippen LogP contribution in [0.5, 0.6) is 0 Å². The van der Waals surface area contributed by atoms with Gasteiger partial charge in [-0.3, -0.25) is 5.41 Å². The number of nitrogens with zero attached hydrogens (tertiary/aromatic N) is 2. The Labute approximate surface area is 160 Å². The number of nitrogens with one attached hydrogen (secondary N) is 1. The van der Waals surface area contributed by atoms with Gasteiger partial charge >= 0.3 is 0 Å². The highest BCUT2D eigenvalue weighted by Crippen LogP contribution is 2.34. The Morgan fingerprint density at radius 1 is 1.15 bits per heavy atom. The van der Waals surface area contributed by atoms with Gasteiger partial charge in [0.2, 0.25) is 0 Å². The molecular formula is C21H18FN3OS. The Kier molecular flexibility index (Phi) is 4.28. The molecule has 0 amide bonds. The number of benzene rings is 2. The Morgan fingerprint density at radius 2 is 1.96 bits per heavy atom. The van der Waals surface area contributed by atoms with E-state index in [9.17, 15) is 9.50 Å². The van der Waals surface area contributed by atoms with Crippen molar-refractivity contribution in [2.45, 2.75) is 13.8 Å². The molecule has 0 aliphatic carbocycles. The van der Waals surface area contributed by atoms with Crippen LogP contribution in [-0.2, 0) is 0 Å². The van der Waals surface area contributed by atoms with Crippen molar-refractivity contribution < 1.29 is 9.50 Å². The van der Waals surface area contributed by atoms with Crippen molar-refractivity contribution in [2.24, 2.45) is 0 Å². The molecule has 0 saturated heterocycles. The molecule has 4 rings (SSSR count). The molecule has 2 heterocycles. The molecule has 0 saturated carbocycles. The van der Waals surface area contributed by atoms with Crippen molar-refractivity contribution >= 4 is 28.4 Å². The molecule has 136 valence electrons. The van der Waals surface area contributed by atoms with Crippen molar-refractivity contribution in [1.82, 2.24) is 4.98 Å². The number of anilines is 1. The lowest BCUT2D eigenvalue weighted by Crippen LogP contribution is -2.26. The average Bonchev–Trinajstić information content (AvgIpc) is 3.22. The third-order valence-electron chi connectivity index (χ3n) is 4.74. The molecule has 1 aliphatic rings. The van der Waals surface area contributed by atoms with Crippen LogP contribution in [0.4, 0.5) is 10.1 Å². The van der Waals surface area contributed by atoms with E-state index in [1.54, 1.807) is 17.0 Å². The van der Waals surface area contributed by atoms with Gasteiger partial charge in [-0.1, -0.05) is 18.2 Å². The van der Waals surface area contributed by atoms with E-state index in [-0.39, 0.29) is 24.0 Å². The fraction of sp³-hybridized carbons (Fsp3) is 0.143. The highest BCUT2D eigenvalue weighted by atomic mass is 32.1. The summed E-state index contributed by atoms with van der Waals surface area (Å²) in [5.41, 5.74) is 5.17. The van der Waals surface area contributed by atoms with E-state index in [4.69, 9.17) is 5.41 Å². The van der Waals surface area contributed by atoms with Gasteiger partial charge in [-0.2, -0.15) is 0 Å². The molecule has 4 nitrogen and oxygen atoms in total. The molecule has 6 heteroatoms. The van der Waals surface area contributed by atoms with Crippen LogP contribution >= 0.6 is 11.3 Å². The van der Waals surface area contributed by atoms with Crippen LogP contribution in [-0.4, -0.2) is 22.5 Å². The van der Waals surface area contributed by atoms with E-state index < -0.39 is 0 Å². The lowest BCUT2D eigenvalue weighted by atomic mass is 10.1. The highest BCUT2D eigenvalue weighted by molar-refractivity contribution is 7.11. The van der Waals surface area contributed by atoms with Gasteiger partial charge in [-0.25, -0.2) is 9.37 Å². The molecule has 0 spiro atoms. The summed E-state index contributed by atoms with van der Waals surface area (Å²) in [4.78, 5) is 6.21. The quantitative estimate of drug-likeness (QED) is 0.646. The number of rotatable bonds is 3. The molecule has 0 bridgehead atoms. The molecule has 1 aromatic heterocycles. The number of amidine groups is 1. The minimum atomic E-state index is -0.375. The number of hydrogen-bond donors (Lipinski definition) is 2. The summed E-state index contributed by atoms with van der Waals surface area (Å²) >= 11 is 1.39. The maximum absolute atomic E-state index is 13.5. The second-order valence-electron chi connectivity index (χ2n) is 6.57. The highest BCUT2D eigenvalue weighted by Gasteiger charge is 2.31. The summed E-state index contributed by atoms with van der Waals surface area (Å²) in [7, 11) is 0. The molecule has 0 radical (unpaired) electrons. The largest absolute Gasteiger partial charge is 0.510 e. The Balaban J connectivity index is 1.66. The number of aromatic nitrogens is 1. The van der Waals surface area contributed by atoms with Crippen LogP contribution in [0.3, 0.4) is 0 Å². The molecular weight excluding hydrogens is 361 g/mol. The van der Waals surface area contributed by atoms with Gasteiger partial charge in [0.1, 0.15) is 22.4 Å². The molecule has 3 aromatic rings. The van der Waals surface area contributed by atoms with E-state index in [2.05, 4.69) is 31.0 Å². The number of thiazole rings is 1. The van der Waals surface area contributed by atoms with Crippen molar-refractivity contribution in [3.63, 3.8) is 0 Å². The van der Waals surface area contributed by atoms with Gasteiger partial charge in [-0.05, 0) is 49.2 Å². The smallest absolute Gasteiger partial charge is 0.139 e. The third-order valence-corrected chi connectivity index (χ3v) is 5.60. The Morgan fingerprint density at radius 3 is 2.70 bits per heavy atom. The van der Waals surface area contributed by atoms with Crippen LogP contribution in [0, 0.1) is 25.1 Å². The monoisotopic (exact) mass is 379 g/mol. The van der Waals surface area contributed by atoms with Crippen LogP contribution in [0.15, 0.2) is 53.6 Å².